The summed E-state index contributed by atoms with van der Waals surface area (Å²) in [5.74, 6) is 0.256. The molecule has 0 saturated carbocycles. The maximum atomic E-state index is 13.5. The molecule has 0 aliphatic rings. The molecule has 0 aliphatic heterocycles. The molecule has 0 bridgehead atoms. The summed E-state index contributed by atoms with van der Waals surface area (Å²) in [5.41, 5.74) is 2.08. The summed E-state index contributed by atoms with van der Waals surface area (Å²) in [5, 5.41) is 0.731. The summed E-state index contributed by atoms with van der Waals surface area (Å²) in [6.07, 6.45) is 0. The van der Waals surface area contributed by atoms with Crippen molar-refractivity contribution in [3.63, 3.8) is 0 Å². The molecule has 0 fully saturated rings. The van der Waals surface area contributed by atoms with Gasteiger partial charge in [-0.15, -0.1) is 0 Å². The van der Waals surface area contributed by atoms with Crippen molar-refractivity contribution in [3.8, 4) is 5.75 Å². The maximum Gasteiger partial charge on any atom is 0.530 e. The molecule has 7 heteroatoms. The van der Waals surface area contributed by atoms with E-state index in [4.69, 9.17) is 18.0 Å². The third-order valence-corrected chi connectivity index (χ3v) is 5.97. The zero-order valence-electron chi connectivity index (χ0n) is 16.9. The number of benzene rings is 3. The Morgan fingerprint density at radius 3 is 1.90 bits per heavy atom. The minimum Gasteiger partial charge on any atom is -0.422 e. The molecule has 0 spiro atoms. The lowest BCUT2D eigenvalue weighted by atomic mass is 10.1. The molecule has 0 atom stereocenters. The summed E-state index contributed by atoms with van der Waals surface area (Å²) in [6, 6.07) is 25.1. The number of phosphoric acid groups is 1. The lowest BCUT2D eigenvalue weighted by molar-refractivity contribution is 0.143. The van der Waals surface area contributed by atoms with Crippen molar-refractivity contribution in [3.05, 3.63) is 112 Å². The van der Waals surface area contributed by atoms with E-state index in [0.29, 0.717) is 11.1 Å². The summed E-state index contributed by atoms with van der Waals surface area (Å²) < 4.78 is 35.9. The van der Waals surface area contributed by atoms with Crippen LogP contribution in [-0.2, 0) is 26.8 Å². The molecule has 0 amide bonds. The lowest BCUT2D eigenvalue weighted by Crippen LogP contribution is -2.05. The second kappa shape index (κ2) is 9.31. The molecule has 0 saturated heterocycles. The van der Waals surface area contributed by atoms with Crippen LogP contribution < -0.4 is 10.1 Å². The van der Waals surface area contributed by atoms with Gasteiger partial charge in [-0.3, -0.25) is 9.05 Å². The fraction of sp³-hybridized carbons (Fsp3) is 0.125. The molecule has 1 heterocycles. The minimum atomic E-state index is -4.01. The first-order valence-electron chi connectivity index (χ1n) is 9.72. The van der Waals surface area contributed by atoms with E-state index in [1.54, 1.807) is 25.1 Å². The fourth-order valence-electron chi connectivity index (χ4n) is 3.02. The molecular formula is C24H21O6P. The molecule has 1 aromatic heterocycles. The van der Waals surface area contributed by atoms with Gasteiger partial charge in [0.15, 0.2) is 0 Å². The molecule has 6 nitrogen and oxygen atoms in total. The highest BCUT2D eigenvalue weighted by Crippen LogP contribution is 2.52. The molecule has 0 radical (unpaired) electrons. The Morgan fingerprint density at radius 1 is 0.774 bits per heavy atom. The molecule has 0 N–H and O–H groups in total. The van der Waals surface area contributed by atoms with Crippen LogP contribution in [0.5, 0.6) is 5.75 Å². The van der Waals surface area contributed by atoms with Crippen molar-refractivity contribution in [1.29, 1.82) is 0 Å². The number of fused-ring (bicyclic) bond motifs is 1. The van der Waals surface area contributed by atoms with Crippen LogP contribution in [0.25, 0.3) is 11.0 Å². The van der Waals surface area contributed by atoms with Crippen LogP contribution >= 0.6 is 7.82 Å². The average Bonchev–Trinajstić information content (AvgIpc) is 2.80. The van der Waals surface area contributed by atoms with Gasteiger partial charge in [0.2, 0.25) is 0 Å². The lowest BCUT2D eigenvalue weighted by Gasteiger charge is -2.20. The standard InChI is InChI=1S/C24H21O6P/c1-18-22(14-12-21-13-15-23(25)29-24(18)21)30-31(26,27-16-19-8-4-2-5-9-19)28-17-20-10-6-3-7-11-20/h2-15H,16-17H2,1H3. The molecular weight excluding hydrogens is 415 g/mol. The highest BCUT2D eigenvalue weighted by Gasteiger charge is 2.30. The molecule has 31 heavy (non-hydrogen) atoms. The fourth-order valence-corrected chi connectivity index (χ4v) is 4.25. The monoisotopic (exact) mass is 436 g/mol. The van der Waals surface area contributed by atoms with Crippen molar-refractivity contribution >= 4 is 18.8 Å². The Bertz CT molecular complexity index is 1220. The number of hydrogen-bond acceptors (Lipinski definition) is 6. The number of rotatable bonds is 8. The van der Waals surface area contributed by atoms with E-state index in [0.717, 1.165) is 16.5 Å². The van der Waals surface area contributed by atoms with Crippen molar-refractivity contribution in [2.45, 2.75) is 20.1 Å². The predicted octanol–water partition coefficient (Wildman–Crippen LogP) is 6.02. The topological polar surface area (TPSA) is 75.0 Å². The van der Waals surface area contributed by atoms with Crippen LogP contribution in [0.3, 0.4) is 0 Å². The van der Waals surface area contributed by atoms with Crippen molar-refractivity contribution in [2.75, 3.05) is 0 Å². The van der Waals surface area contributed by atoms with E-state index in [2.05, 4.69) is 0 Å². The molecule has 0 unspecified atom stereocenters. The first-order valence-corrected chi connectivity index (χ1v) is 11.2. The van der Waals surface area contributed by atoms with E-state index < -0.39 is 13.4 Å². The van der Waals surface area contributed by atoms with E-state index in [1.807, 2.05) is 60.7 Å². The zero-order valence-corrected chi connectivity index (χ0v) is 17.8. The highest BCUT2D eigenvalue weighted by molar-refractivity contribution is 7.48. The first kappa shape index (κ1) is 21.1. The normalized spacial score (nSPS) is 11.5. The van der Waals surface area contributed by atoms with Crippen molar-refractivity contribution in [2.24, 2.45) is 0 Å². The van der Waals surface area contributed by atoms with Gasteiger partial charge < -0.3 is 8.94 Å². The van der Waals surface area contributed by atoms with Gasteiger partial charge in [-0.1, -0.05) is 60.7 Å². The molecule has 4 aromatic rings. The zero-order chi connectivity index (χ0) is 21.7. The Hall–Kier alpha value is -3.18. The molecule has 4 rings (SSSR count). The van der Waals surface area contributed by atoms with Crippen molar-refractivity contribution < 1.29 is 22.6 Å². The Morgan fingerprint density at radius 2 is 1.32 bits per heavy atom. The van der Waals surface area contributed by atoms with Gasteiger partial charge in [-0.25, -0.2) is 9.36 Å². The van der Waals surface area contributed by atoms with Gasteiger partial charge in [-0.05, 0) is 36.2 Å². The third-order valence-electron chi connectivity index (χ3n) is 4.66. The molecule has 3 aromatic carbocycles. The second-order valence-electron chi connectivity index (χ2n) is 6.92. The first-order chi connectivity index (χ1) is 15.0. The van der Waals surface area contributed by atoms with Gasteiger partial charge in [0.05, 0.1) is 13.2 Å². The van der Waals surface area contributed by atoms with Crippen LogP contribution in [0, 0.1) is 6.92 Å². The number of aryl methyl sites for hydroxylation is 1. The SMILES string of the molecule is Cc1c(OP(=O)(OCc2ccccc2)OCc2ccccc2)ccc2ccc(=O)oc12. The smallest absolute Gasteiger partial charge is 0.422 e. The Kier molecular flexibility index (Phi) is 6.33. The third kappa shape index (κ3) is 5.30. The summed E-state index contributed by atoms with van der Waals surface area (Å²) in [7, 11) is -4.01. The maximum absolute atomic E-state index is 13.5. The average molecular weight is 436 g/mol. The summed E-state index contributed by atoms with van der Waals surface area (Å²) in [6.45, 7) is 1.82. The largest absolute Gasteiger partial charge is 0.530 e. The molecule has 0 aliphatic carbocycles. The van der Waals surface area contributed by atoms with Crippen LogP contribution in [0.1, 0.15) is 16.7 Å². The number of phosphoric ester groups is 1. The molecule has 158 valence electrons. The highest BCUT2D eigenvalue weighted by atomic mass is 31.2. The van der Waals surface area contributed by atoms with Gasteiger partial charge in [0, 0.05) is 17.0 Å². The summed E-state index contributed by atoms with van der Waals surface area (Å²) >= 11 is 0. The van der Waals surface area contributed by atoms with Gasteiger partial charge in [-0.2, -0.15) is 0 Å². The van der Waals surface area contributed by atoms with Crippen molar-refractivity contribution in [1.82, 2.24) is 0 Å². The van der Waals surface area contributed by atoms with Gasteiger partial charge >= 0.3 is 13.4 Å². The Balaban J connectivity index is 1.61. The number of hydrogen-bond donors (Lipinski definition) is 0. The quantitative estimate of drug-likeness (QED) is 0.248. The van der Waals surface area contributed by atoms with E-state index in [9.17, 15) is 9.36 Å². The predicted molar refractivity (Wildman–Crippen MR) is 118 cm³/mol. The van der Waals surface area contributed by atoms with Crippen LogP contribution in [0.2, 0.25) is 0 Å². The van der Waals surface area contributed by atoms with E-state index in [1.165, 1.54) is 6.07 Å². The van der Waals surface area contributed by atoms with Crippen LogP contribution in [0.15, 0.2) is 94.1 Å². The van der Waals surface area contributed by atoms with Gasteiger partial charge in [0.25, 0.3) is 0 Å². The minimum absolute atomic E-state index is 0.0502. The van der Waals surface area contributed by atoms with Gasteiger partial charge in [0.1, 0.15) is 11.3 Å². The van der Waals surface area contributed by atoms with E-state index in [-0.39, 0.29) is 19.0 Å². The second-order valence-corrected chi connectivity index (χ2v) is 8.51. The van der Waals surface area contributed by atoms with Crippen LogP contribution in [-0.4, -0.2) is 0 Å². The Labute approximate surface area is 179 Å². The summed E-state index contributed by atoms with van der Waals surface area (Å²) in [4.78, 5) is 11.6. The van der Waals surface area contributed by atoms with E-state index >= 15 is 0 Å². The van der Waals surface area contributed by atoms with Crippen LogP contribution in [0.4, 0.5) is 0 Å².